The SMILES string of the molecule is CN(CC1CCCC1O)C(=O)NCC1(C2CC2)CCC1. The number of aliphatic hydroxyl groups excluding tert-OH is 1. The Hall–Kier alpha value is -0.770. The van der Waals surface area contributed by atoms with E-state index in [1.165, 1.54) is 32.1 Å². The van der Waals surface area contributed by atoms with E-state index in [0.29, 0.717) is 12.0 Å². The van der Waals surface area contributed by atoms with E-state index in [1.54, 1.807) is 4.90 Å². The molecular formula is C16H28N2O2. The summed E-state index contributed by atoms with van der Waals surface area (Å²) < 4.78 is 0. The molecule has 20 heavy (non-hydrogen) atoms. The zero-order valence-electron chi connectivity index (χ0n) is 12.6. The Morgan fingerprint density at radius 3 is 2.50 bits per heavy atom. The summed E-state index contributed by atoms with van der Waals surface area (Å²) in [6.45, 7) is 1.54. The van der Waals surface area contributed by atoms with Gasteiger partial charge in [-0.25, -0.2) is 4.79 Å². The molecule has 0 aromatic carbocycles. The number of urea groups is 1. The van der Waals surface area contributed by atoms with Crippen LogP contribution < -0.4 is 5.32 Å². The fourth-order valence-electron chi connectivity index (χ4n) is 4.11. The molecule has 3 rings (SSSR count). The van der Waals surface area contributed by atoms with Crippen molar-refractivity contribution < 1.29 is 9.90 Å². The Bertz CT molecular complexity index is 363. The van der Waals surface area contributed by atoms with Crippen molar-refractivity contribution >= 4 is 6.03 Å². The molecular weight excluding hydrogens is 252 g/mol. The van der Waals surface area contributed by atoms with Crippen LogP contribution in [0.5, 0.6) is 0 Å². The topological polar surface area (TPSA) is 52.6 Å². The second-order valence-corrected chi connectivity index (χ2v) is 7.29. The summed E-state index contributed by atoms with van der Waals surface area (Å²) in [6, 6.07) is 0.0380. The highest BCUT2D eigenvalue weighted by Crippen LogP contribution is 2.56. The quantitative estimate of drug-likeness (QED) is 0.812. The van der Waals surface area contributed by atoms with Gasteiger partial charge < -0.3 is 15.3 Å². The van der Waals surface area contributed by atoms with E-state index in [1.807, 2.05) is 7.05 Å². The Morgan fingerprint density at radius 1 is 1.25 bits per heavy atom. The maximum atomic E-state index is 12.2. The second kappa shape index (κ2) is 5.55. The van der Waals surface area contributed by atoms with E-state index >= 15 is 0 Å². The summed E-state index contributed by atoms with van der Waals surface area (Å²) in [5.74, 6) is 1.14. The first-order chi connectivity index (χ1) is 9.61. The molecule has 0 aliphatic heterocycles. The Kier molecular flexibility index (Phi) is 3.93. The fourth-order valence-corrected chi connectivity index (χ4v) is 4.11. The standard InChI is InChI=1S/C16H28N2O2/c1-18(10-12-4-2-5-14(12)19)15(20)17-11-16(8-3-9-16)13-6-7-13/h12-14,19H,2-11H2,1H3,(H,17,20). The lowest BCUT2D eigenvalue weighted by molar-refractivity contribution is 0.0936. The van der Waals surface area contributed by atoms with E-state index in [9.17, 15) is 9.90 Å². The van der Waals surface area contributed by atoms with Crippen molar-refractivity contribution in [3.8, 4) is 0 Å². The smallest absolute Gasteiger partial charge is 0.317 e. The summed E-state index contributed by atoms with van der Waals surface area (Å²) in [4.78, 5) is 14.0. The summed E-state index contributed by atoms with van der Waals surface area (Å²) in [5, 5.41) is 13.0. The van der Waals surface area contributed by atoms with Crippen LogP contribution in [0.3, 0.4) is 0 Å². The van der Waals surface area contributed by atoms with Gasteiger partial charge in [0.25, 0.3) is 0 Å². The van der Waals surface area contributed by atoms with Gasteiger partial charge in [-0.1, -0.05) is 12.8 Å². The van der Waals surface area contributed by atoms with Gasteiger partial charge in [-0.05, 0) is 49.9 Å². The van der Waals surface area contributed by atoms with Gasteiger partial charge in [0.1, 0.15) is 0 Å². The fraction of sp³-hybridized carbons (Fsp3) is 0.938. The minimum Gasteiger partial charge on any atom is -0.393 e. The first kappa shape index (κ1) is 14.2. The Labute approximate surface area is 121 Å². The van der Waals surface area contributed by atoms with E-state index < -0.39 is 0 Å². The highest BCUT2D eigenvalue weighted by molar-refractivity contribution is 5.73. The molecule has 2 amide bonds. The van der Waals surface area contributed by atoms with Crippen LogP contribution in [-0.4, -0.2) is 42.3 Å². The summed E-state index contributed by atoms with van der Waals surface area (Å²) in [7, 11) is 1.85. The van der Waals surface area contributed by atoms with Gasteiger partial charge in [-0.3, -0.25) is 0 Å². The molecule has 3 fully saturated rings. The van der Waals surface area contributed by atoms with Gasteiger partial charge in [0.05, 0.1) is 6.10 Å². The van der Waals surface area contributed by atoms with E-state index in [2.05, 4.69) is 5.32 Å². The number of hydrogen-bond acceptors (Lipinski definition) is 2. The number of aliphatic hydroxyl groups is 1. The molecule has 4 nitrogen and oxygen atoms in total. The lowest BCUT2D eigenvalue weighted by Crippen LogP contribution is -2.48. The lowest BCUT2D eigenvalue weighted by Gasteiger charge is -2.43. The molecule has 0 saturated heterocycles. The average molecular weight is 280 g/mol. The monoisotopic (exact) mass is 280 g/mol. The van der Waals surface area contributed by atoms with Crippen LogP contribution in [0.15, 0.2) is 0 Å². The van der Waals surface area contributed by atoms with E-state index in [0.717, 1.165) is 31.7 Å². The summed E-state index contributed by atoms with van der Waals surface area (Å²) >= 11 is 0. The van der Waals surface area contributed by atoms with Gasteiger partial charge in [-0.2, -0.15) is 0 Å². The Balaban J connectivity index is 1.44. The molecule has 0 heterocycles. The Morgan fingerprint density at radius 2 is 2.00 bits per heavy atom. The third-order valence-electron chi connectivity index (χ3n) is 5.86. The van der Waals surface area contributed by atoms with Crippen LogP contribution in [-0.2, 0) is 0 Å². The molecule has 0 spiro atoms. The van der Waals surface area contributed by atoms with Crippen molar-refractivity contribution in [1.29, 1.82) is 0 Å². The second-order valence-electron chi connectivity index (χ2n) is 7.29. The highest BCUT2D eigenvalue weighted by Gasteiger charge is 2.49. The molecule has 0 bridgehead atoms. The first-order valence-corrected chi connectivity index (χ1v) is 8.28. The van der Waals surface area contributed by atoms with Crippen molar-refractivity contribution in [2.45, 2.75) is 57.5 Å². The number of hydrogen-bond donors (Lipinski definition) is 2. The minimum absolute atomic E-state index is 0.0380. The highest BCUT2D eigenvalue weighted by atomic mass is 16.3. The van der Waals surface area contributed by atoms with Gasteiger partial charge in [0.15, 0.2) is 0 Å². The van der Waals surface area contributed by atoms with Crippen molar-refractivity contribution in [2.75, 3.05) is 20.1 Å². The molecule has 2 unspecified atom stereocenters. The number of nitrogens with one attached hydrogen (secondary N) is 1. The number of carbonyl (C=O) groups excluding carboxylic acids is 1. The van der Waals surface area contributed by atoms with Crippen LogP contribution in [0.25, 0.3) is 0 Å². The summed E-state index contributed by atoms with van der Waals surface area (Å²) in [5.41, 5.74) is 0.434. The predicted molar refractivity (Wildman–Crippen MR) is 78.4 cm³/mol. The van der Waals surface area contributed by atoms with Gasteiger partial charge >= 0.3 is 6.03 Å². The minimum atomic E-state index is -0.213. The third kappa shape index (κ3) is 2.80. The van der Waals surface area contributed by atoms with Gasteiger partial charge in [0.2, 0.25) is 0 Å². The molecule has 0 radical (unpaired) electrons. The molecule has 3 aliphatic carbocycles. The van der Waals surface area contributed by atoms with Crippen LogP contribution in [0, 0.1) is 17.3 Å². The van der Waals surface area contributed by atoms with Crippen LogP contribution >= 0.6 is 0 Å². The molecule has 4 heteroatoms. The molecule has 0 aromatic heterocycles. The zero-order valence-corrected chi connectivity index (χ0v) is 12.6. The number of carbonyl (C=O) groups is 1. The molecule has 2 atom stereocenters. The molecule has 3 aliphatic rings. The number of amides is 2. The predicted octanol–water partition coefficient (Wildman–Crippen LogP) is 2.37. The van der Waals surface area contributed by atoms with Crippen LogP contribution in [0.4, 0.5) is 4.79 Å². The van der Waals surface area contributed by atoms with Crippen molar-refractivity contribution in [1.82, 2.24) is 10.2 Å². The van der Waals surface area contributed by atoms with Crippen LogP contribution in [0.2, 0.25) is 0 Å². The average Bonchev–Trinajstić information content (AvgIpc) is 3.14. The van der Waals surface area contributed by atoms with Crippen LogP contribution in [0.1, 0.15) is 51.4 Å². The molecule has 3 saturated carbocycles. The van der Waals surface area contributed by atoms with E-state index in [4.69, 9.17) is 0 Å². The maximum absolute atomic E-state index is 12.2. The largest absolute Gasteiger partial charge is 0.393 e. The van der Waals surface area contributed by atoms with Gasteiger partial charge in [0, 0.05) is 26.1 Å². The molecule has 2 N–H and O–H groups in total. The maximum Gasteiger partial charge on any atom is 0.317 e. The summed E-state index contributed by atoms with van der Waals surface area (Å²) in [6.07, 6.45) is 9.46. The first-order valence-electron chi connectivity index (χ1n) is 8.28. The number of rotatable bonds is 5. The van der Waals surface area contributed by atoms with Crippen molar-refractivity contribution in [3.63, 3.8) is 0 Å². The molecule has 114 valence electrons. The lowest BCUT2D eigenvalue weighted by atomic mass is 9.65. The van der Waals surface area contributed by atoms with Gasteiger partial charge in [-0.15, -0.1) is 0 Å². The number of nitrogens with zero attached hydrogens (tertiary/aromatic N) is 1. The zero-order chi connectivity index (χ0) is 14.2. The van der Waals surface area contributed by atoms with E-state index in [-0.39, 0.29) is 18.1 Å². The normalized spacial score (nSPS) is 31.7. The van der Waals surface area contributed by atoms with Crippen molar-refractivity contribution in [3.05, 3.63) is 0 Å². The third-order valence-corrected chi connectivity index (χ3v) is 5.86. The molecule has 0 aromatic rings. The van der Waals surface area contributed by atoms with Crippen molar-refractivity contribution in [2.24, 2.45) is 17.3 Å².